The van der Waals surface area contributed by atoms with Crippen LogP contribution in [0.4, 0.5) is 0 Å². The third-order valence-corrected chi connectivity index (χ3v) is 2.19. The maximum atomic E-state index is 9.29. The quantitative estimate of drug-likeness (QED) is 0.766. The van der Waals surface area contributed by atoms with Crippen LogP contribution in [0.2, 0.25) is 5.02 Å². The Morgan fingerprint density at radius 2 is 2.00 bits per heavy atom. The second-order valence-corrected chi connectivity index (χ2v) is 3.76. The summed E-state index contributed by atoms with van der Waals surface area (Å²) in [4.78, 5) is 0. The lowest BCUT2D eigenvalue weighted by molar-refractivity contribution is 0.164. The zero-order valence-electron chi connectivity index (χ0n) is 7.79. The Kier molecular flexibility index (Phi) is 3.31. The first-order valence-electron chi connectivity index (χ1n) is 4.21. The highest BCUT2D eigenvalue weighted by Gasteiger charge is 2.12. The van der Waals surface area contributed by atoms with Gasteiger partial charge in [-0.25, -0.2) is 0 Å². The van der Waals surface area contributed by atoms with Gasteiger partial charge in [-0.05, 0) is 37.1 Å². The van der Waals surface area contributed by atoms with E-state index in [0.29, 0.717) is 5.02 Å². The Bertz CT molecular complexity index is 279. The normalized spacial score (nSPS) is 15.5. The number of halogens is 1. The van der Waals surface area contributed by atoms with E-state index in [-0.39, 0.29) is 6.04 Å². The number of aryl methyl sites for hydroxylation is 1. The van der Waals surface area contributed by atoms with Gasteiger partial charge < -0.3 is 10.8 Å². The van der Waals surface area contributed by atoms with Crippen molar-refractivity contribution in [1.29, 1.82) is 0 Å². The number of rotatable bonds is 2. The van der Waals surface area contributed by atoms with Crippen LogP contribution in [0.3, 0.4) is 0 Å². The van der Waals surface area contributed by atoms with E-state index in [1.54, 1.807) is 13.0 Å². The van der Waals surface area contributed by atoms with Crippen molar-refractivity contribution in [2.75, 3.05) is 0 Å². The SMILES string of the molecule is Cc1cc(Cl)cc([C@@H](N)[C@@H](C)O)c1. The summed E-state index contributed by atoms with van der Waals surface area (Å²) in [5, 5.41) is 9.95. The van der Waals surface area contributed by atoms with E-state index in [1.807, 2.05) is 19.1 Å². The van der Waals surface area contributed by atoms with Crippen LogP contribution in [0, 0.1) is 6.92 Å². The fourth-order valence-corrected chi connectivity index (χ4v) is 1.53. The molecular formula is C10H14ClNO. The molecule has 0 saturated carbocycles. The number of nitrogens with two attached hydrogens (primary N) is 1. The van der Waals surface area contributed by atoms with E-state index < -0.39 is 6.10 Å². The number of hydrogen-bond acceptors (Lipinski definition) is 2. The Morgan fingerprint density at radius 3 is 2.46 bits per heavy atom. The van der Waals surface area contributed by atoms with Gasteiger partial charge in [0.15, 0.2) is 0 Å². The number of hydrogen-bond donors (Lipinski definition) is 2. The van der Waals surface area contributed by atoms with Crippen molar-refractivity contribution in [2.24, 2.45) is 5.73 Å². The summed E-state index contributed by atoms with van der Waals surface area (Å²) in [5.74, 6) is 0. The van der Waals surface area contributed by atoms with Crippen molar-refractivity contribution in [3.8, 4) is 0 Å². The molecule has 0 amide bonds. The molecule has 13 heavy (non-hydrogen) atoms. The molecule has 0 aliphatic rings. The van der Waals surface area contributed by atoms with E-state index in [2.05, 4.69) is 0 Å². The van der Waals surface area contributed by atoms with Gasteiger partial charge >= 0.3 is 0 Å². The predicted molar refractivity (Wildman–Crippen MR) is 54.8 cm³/mol. The third kappa shape index (κ3) is 2.69. The number of benzene rings is 1. The molecule has 0 unspecified atom stereocenters. The van der Waals surface area contributed by atoms with Crippen LogP contribution in [0.1, 0.15) is 24.1 Å². The molecule has 3 heteroatoms. The van der Waals surface area contributed by atoms with Gasteiger partial charge in [0.05, 0.1) is 12.1 Å². The van der Waals surface area contributed by atoms with Crippen molar-refractivity contribution in [2.45, 2.75) is 26.0 Å². The van der Waals surface area contributed by atoms with Crippen molar-refractivity contribution in [1.82, 2.24) is 0 Å². The summed E-state index contributed by atoms with van der Waals surface area (Å²) in [6.45, 7) is 3.62. The van der Waals surface area contributed by atoms with E-state index in [0.717, 1.165) is 11.1 Å². The molecule has 2 nitrogen and oxygen atoms in total. The number of aliphatic hydroxyl groups excluding tert-OH is 1. The fraction of sp³-hybridized carbons (Fsp3) is 0.400. The predicted octanol–water partition coefficient (Wildman–Crippen LogP) is 2.03. The molecule has 2 atom stereocenters. The van der Waals surface area contributed by atoms with Gasteiger partial charge in [-0.1, -0.05) is 17.7 Å². The Hall–Kier alpha value is -0.570. The summed E-state index contributed by atoms with van der Waals surface area (Å²) >= 11 is 5.86. The topological polar surface area (TPSA) is 46.2 Å². The van der Waals surface area contributed by atoms with Crippen LogP contribution in [0.5, 0.6) is 0 Å². The molecule has 0 aromatic heterocycles. The second-order valence-electron chi connectivity index (χ2n) is 3.33. The summed E-state index contributed by atoms with van der Waals surface area (Å²) in [7, 11) is 0. The standard InChI is InChI=1S/C10H14ClNO/c1-6-3-8(5-9(11)4-6)10(12)7(2)13/h3-5,7,10,13H,12H2,1-2H3/t7-,10+/m1/s1. The van der Waals surface area contributed by atoms with Crippen molar-refractivity contribution >= 4 is 11.6 Å². The Labute approximate surface area is 83.3 Å². The van der Waals surface area contributed by atoms with Crippen LogP contribution in [0.15, 0.2) is 18.2 Å². The Balaban J connectivity index is 3.01. The monoisotopic (exact) mass is 199 g/mol. The fourth-order valence-electron chi connectivity index (χ4n) is 1.24. The minimum Gasteiger partial charge on any atom is -0.391 e. The summed E-state index contributed by atoms with van der Waals surface area (Å²) in [5.41, 5.74) is 7.70. The molecule has 3 N–H and O–H groups in total. The third-order valence-electron chi connectivity index (χ3n) is 1.97. The van der Waals surface area contributed by atoms with Crippen molar-refractivity contribution < 1.29 is 5.11 Å². The smallest absolute Gasteiger partial charge is 0.0704 e. The highest BCUT2D eigenvalue weighted by Crippen LogP contribution is 2.20. The van der Waals surface area contributed by atoms with Gasteiger partial charge in [0.1, 0.15) is 0 Å². The van der Waals surface area contributed by atoms with Crippen LogP contribution in [0.25, 0.3) is 0 Å². The maximum absolute atomic E-state index is 9.29. The molecular weight excluding hydrogens is 186 g/mol. The molecule has 0 saturated heterocycles. The summed E-state index contributed by atoms with van der Waals surface area (Å²) < 4.78 is 0. The number of aliphatic hydroxyl groups is 1. The van der Waals surface area contributed by atoms with E-state index >= 15 is 0 Å². The Morgan fingerprint density at radius 1 is 1.38 bits per heavy atom. The molecule has 0 heterocycles. The lowest BCUT2D eigenvalue weighted by Crippen LogP contribution is -2.23. The zero-order chi connectivity index (χ0) is 10.0. The minimum atomic E-state index is -0.558. The molecule has 1 rings (SSSR count). The molecule has 0 aliphatic heterocycles. The van der Waals surface area contributed by atoms with Gasteiger partial charge in [-0.3, -0.25) is 0 Å². The summed E-state index contributed by atoms with van der Waals surface area (Å²) in [6.07, 6.45) is -0.558. The second kappa shape index (κ2) is 4.09. The average molecular weight is 200 g/mol. The van der Waals surface area contributed by atoms with E-state index in [1.165, 1.54) is 0 Å². The first-order chi connectivity index (χ1) is 6.00. The first-order valence-corrected chi connectivity index (χ1v) is 4.59. The lowest BCUT2D eigenvalue weighted by atomic mass is 10.0. The molecule has 0 spiro atoms. The van der Waals surface area contributed by atoms with Gasteiger partial charge in [-0.15, -0.1) is 0 Å². The average Bonchev–Trinajstić information content (AvgIpc) is 2.01. The highest BCUT2D eigenvalue weighted by atomic mass is 35.5. The zero-order valence-corrected chi connectivity index (χ0v) is 8.55. The van der Waals surface area contributed by atoms with E-state index in [9.17, 15) is 5.11 Å². The maximum Gasteiger partial charge on any atom is 0.0704 e. The molecule has 72 valence electrons. The molecule has 1 aromatic carbocycles. The van der Waals surface area contributed by atoms with Crippen LogP contribution in [-0.2, 0) is 0 Å². The summed E-state index contributed by atoms with van der Waals surface area (Å²) in [6, 6.07) is 5.21. The molecule has 0 radical (unpaired) electrons. The van der Waals surface area contributed by atoms with Crippen molar-refractivity contribution in [3.05, 3.63) is 34.3 Å². The lowest BCUT2D eigenvalue weighted by Gasteiger charge is -2.15. The molecule has 1 aromatic rings. The largest absolute Gasteiger partial charge is 0.391 e. The molecule has 0 fully saturated rings. The van der Waals surface area contributed by atoms with Crippen LogP contribution >= 0.6 is 11.6 Å². The first kappa shape index (κ1) is 10.5. The van der Waals surface area contributed by atoms with Gasteiger partial charge in [0.25, 0.3) is 0 Å². The van der Waals surface area contributed by atoms with Gasteiger partial charge in [0, 0.05) is 5.02 Å². The van der Waals surface area contributed by atoms with Crippen LogP contribution in [-0.4, -0.2) is 11.2 Å². The van der Waals surface area contributed by atoms with Gasteiger partial charge in [-0.2, -0.15) is 0 Å². The van der Waals surface area contributed by atoms with Gasteiger partial charge in [0.2, 0.25) is 0 Å². The van der Waals surface area contributed by atoms with Crippen molar-refractivity contribution in [3.63, 3.8) is 0 Å². The minimum absolute atomic E-state index is 0.364. The molecule has 0 bridgehead atoms. The van der Waals surface area contributed by atoms with E-state index in [4.69, 9.17) is 17.3 Å². The van der Waals surface area contributed by atoms with Crippen LogP contribution < -0.4 is 5.73 Å². The highest BCUT2D eigenvalue weighted by molar-refractivity contribution is 6.30. The molecule has 0 aliphatic carbocycles.